The van der Waals surface area contributed by atoms with Gasteiger partial charge in [0.15, 0.2) is 0 Å². The Labute approximate surface area is 157 Å². The van der Waals surface area contributed by atoms with Crippen molar-refractivity contribution in [3.8, 4) is 0 Å². The molecule has 1 unspecified atom stereocenters. The molecule has 0 aliphatic carbocycles. The van der Waals surface area contributed by atoms with Gasteiger partial charge in [0, 0.05) is 12.2 Å². The average molecular weight is 395 g/mol. The minimum absolute atomic E-state index is 0.00185. The van der Waals surface area contributed by atoms with Crippen LogP contribution in [0.5, 0.6) is 0 Å². The zero-order valence-electron chi connectivity index (χ0n) is 14.2. The van der Waals surface area contributed by atoms with Gasteiger partial charge in [0.1, 0.15) is 11.0 Å². The van der Waals surface area contributed by atoms with Crippen molar-refractivity contribution in [1.82, 2.24) is 4.72 Å². The Morgan fingerprint density at radius 1 is 1.19 bits per heavy atom. The number of rotatable bonds is 6. The van der Waals surface area contributed by atoms with E-state index in [0.29, 0.717) is 0 Å². The van der Waals surface area contributed by atoms with Crippen LogP contribution in [0.3, 0.4) is 0 Å². The number of halogens is 1. The number of nitrogens with zero attached hydrogens (tertiary/aromatic N) is 1. The van der Waals surface area contributed by atoms with Gasteiger partial charge in [0.25, 0.3) is 0 Å². The van der Waals surface area contributed by atoms with Crippen LogP contribution in [0, 0.1) is 0 Å². The fraction of sp³-hybridized carbons (Fsp3) is 0.278. The first kappa shape index (κ1) is 18.7. The molecule has 8 heteroatoms. The first-order valence-corrected chi connectivity index (χ1v) is 10.1. The van der Waals surface area contributed by atoms with Gasteiger partial charge in [-0.2, -0.15) is 0 Å². The molecule has 0 radical (unpaired) electrons. The van der Waals surface area contributed by atoms with Gasteiger partial charge in [-0.25, -0.2) is 17.9 Å². The van der Waals surface area contributed by atoms with E-state index in [1.807, 2.05) is 24.3 Å². The summed E-state index contributed by atoms with van der Waals surface area (Å²) in [6.45, 7) is 2.30. The lowest BCUT2D eigenvalue weighted by Crippen LogP contribution is -2.34. The number of nitrogens with one attached hydrogen (secondary N) is 1. The van der Waals surface area contributed by atoms with E-state index in [4.69, 9.17) is 16.3 Å². The third-order valence-electron chi connectivity index (χ3n) is 4.16. The minimum Gasteiger partial charge on any atom is -0.443 e. The fourth-order valence-corrected chi connectivity index (χ4v) is 4.28. The van der Waals surface area contributed by atoms with Crippen molar-refractivity contribution in [2.45, 2.75) is 24.3 Å². The van der Waals surface area contributed by atoms with Crippen molar-refractivity contribution in [3.05, 3.63) is 59.1 Å². The van der Waals surface area contributed by atoms with E-state index in [1.54, 1.807) is 12.1 Å². The van der Waals surface area contributed by atoms with E-state index in [9.17, 15) is 13.2 Å². The summed E-state index contributed by atoms with van der Waals surface area (Å²) >= 11 is 5.94. The Morgan fingerprint density at radius 2 is 1.88 bits per heavy atom. The largest absolute Gasteiger partial charge is 0.443 e. The standard InChI is InChI=1S/C18H19ClN2O4S/c1-2-13-7-9-14(10-8-13)21-12-15(25-18(21)22)11-20-26(23,24)17-6-4-3-5-16(17)19/h3-10,15,20H,2,11-12H2,1H3. The predicted molar refractivity (Wildman–Crippen MR) is 100 cm³/mol. The van der Waals surface area contributed by atoms with Gasteiger partial charge in [-0.15, -0.1) is 0 Å². The summed E-state index contributed by atoms with van der Waals surface area (Å²) in [5.74, 6) is 0. The summed E-state index contributed by atoms with van der Waals surface area (Å²) in [5.41, 5.74) is 1.90. The number of carbonyl (C=O) groups is 1. The summed E-state index contributed by atoms with van der Waals surface area (Å²) in [7, 11) is -3.78. The number of aryl methyl sites for hydroxylation is 1. The molecule has 1 N–H and O–H groups in total. The molecule has 0 saturated carbocycles. The van der Waals surface area contributed by atoms with Crippen LogP contribution >= 0.6 is 11.6 Å². The van der Waals surface area contributed by atoms with Crippen molar-refractivity contribution >= 4 is 33.4 Å². The van der Waals surface area contributed by atoms with Crippen molar-refractivity contribution in [3.63, 3.8) is 0 Å². The molecule has 0 bridgehead atoms. The zero-order valence-corrected chi connectivity index (χ0v) is 15.8. The molecule has 2 aromatic carbocycles. The first-order chi connectivity index (χ1) is 12.4. The van der Waals surface area contributed by atoms with Crippen LogP contribution in [0.1, 0.15) is 12.5 Å². The molecule has 0 spiro atoms. The Hall–Kier alpha value is -2.09. The zero-order chi connectivity index (χ0) is 18.7. The number of sulfonamides is 1. The van der Waals surface area contributed by atoms with Crippen molar-refractivity contribution in [2.75, 3.05) is 18.0 Å². The molecule has 1 saturated heterocycles. The van der Waals surface area contributed by atoms with Crippen LogP contribution in [0.25, 0.3) is 0 Å². The molecule has 6 nitrogen and oxygen atoms in total. The maximum atomic E-state index is 12.4. The number of benzene rings is 2. The van der Waals surface area contributed by atoms with Gasteiger partial charge >= 0.3 is 6.09 Å². The topological polar surface area (TPSA) is 75.7 Å². The van der Waals surface area contributed by atoms with E-state index >= 15 is 0 Å². The molecule has 1 amide bonds. The Balaban J connectivity index is 1.65. The Bertz CT molecular complexity index is 900. The molecule has 1 atom stereocenters. The summed E-state index contributed by atoms with van der Waals surface area (Å²) < 4.78 is 32.5. The first-order valence-electron chi connectivity index (χ1n) is 8.22. The van der Waals surface area contributed by atoms with Gasteiger partial charge in [-0.3, -0.25) is 4.90 Å². The monoisotopic (exact) mass is 394 g/mol. The smallest absolute Gasteiger partial charge is 0.414 e. The lowest BCUT2D eigenvalue weighted by atomic mass is 10.1. The Kier molecular flexibility index (Phi) is 5.50. The summed E-state index contributed by atoms with van der Waals surface area (Å²) in [4.78, 5) is 13.6. The van der Waals surface area contributed by atoms with E-state index in [1.165, 1.54) is 22.6 Å². The number of anilines is 1. The summed E-state index contributed by atoms with van der Waals surface area (Å²) in [6, 6.07) is 13.8. The maximum Gasteiger partial charge on any atom is 0.414 e. The van der Waals surface area contributed by atoms with Crippen molar-refractivity contribution in [2.24, 2.45) is 0 Å². The minimum atomic E-state index is -3.78. The maximum absolute atomic E-state index is 12.4. The lowest BCUT2D eigenvalue weighted by molar-refractivity contribution is 0.143. The molecular formula is C18H19ClN2O4S. The Morgan fingerprint density at radius 3 is 2.54 bits per heavy atom. The predicted octanol–water partition coefficient (Wildman–Crippen LogP) is 3.21. The highest BCUT2D eigenvalue weighted by molar-refractivity contribution is 7.89. The van der Waals surface area contributed by atoms with Crippen molar-refractivity contribution < 1.29 is 17.9 Å². The number of amides is 1. The highest BCUT2D eigenvalue weighted by atomic mass is 35.5. The molecule has 0 aromatic heterocycles. The molecule has 1 heterocycles. The highest BCUT2D eigenvalue weighted by Gasteiger charge is 2.33. The van der Waals surface area contributed by atoms with Crippen LogP contribution in [0.4, 0.5) is 10.5 Å². The van der Waals surface area contributed by atoms with Gasteiger partial charge in [-0.1, -0.05) is 42.8 Å². The van der Waals surface area contributed by atoms with Crippen LogP contribution in [-0.4, -0.2) is 33.7 Å². The van der Waals surface area contributed by atoms with Crippen LogP contribution in [0.2, 0.25) is 5.02 Å². The van der Waals surface area contributed by atoms with E-state index in [0.717, 1.165) is 12.1 Å². The normalized spacial score (nSPS) is 17.4. The van der Waals surface area contributed by atoms with Crippen molar-refractivity contribution in [1.29, 1.82) is 0 Å². The number of carbonyl (C=O) groups excluding carboxylic acids is 1. The van der Waals surface area contributed by atoms with E-state index in [2.05, 4.69) is 11.6 Å². The van der Waals surface area contributed by atoms with Crippen LogP contribution in [-0.2, 0) is 21.2 Å². The van der Waals surface area contributed by atoms with Gasteiger partial charge < -0.3 is 4.74 Å². The molecule has 1 fully saturated rings. The number of ether oxygens (including phenoxy) is 1. The summed E-state index contributed by atoms with van der Waals surface area (Å²) in [6.07, 6.45) is -0.154. The van der Waals surface area contributed by atoms with Gasteiger partial charge in [0.2, 0.25) is 10.0 Å². The van der Waals surface area contributed by atoms with E-state index < -0.39 is 22.2 Å². The summed E-state index contributed by atoms with van der Waals surface area (Å²) in [5, 5.41) is 0.140. The van der Waals surface area contributed by atoms with Crippen LogP contribution < -0.4 is 9.62 Å². The quantitative estimate of drug-likeness (QED) is 0.816. The van der Waals surface area contributed by atoms with Crippen LogP contribution in [0.15, 0.2) is 53.4 Å². The number of cyclic esters (lactones) is 1. The fourth-order valence-electron chi connectivity index (χ4n) is 2.69. The second kappa shape index (κ2) is 7.65. The molecular weight excluding hydrogens is 376 g/mol. The van der Waals surface area contributed by atoms with E-state index in [-0.39, 0.29) is 23.0 Å². The van der Waals surface area contributed by atoms with Gasteiger partial charge in [-0.05, 0) is 36.2 Å². The highest BCUT2D eigenvalue weighted by Crippen LogP contribution is 2.23. The molecule has 138 valence electrons. The lowest BCUT2D eigenvalue weighted by Gasteiger charge is -2.14. The number of hydrogen-bond donors (Lipinski definition) is 1. The molecule has 1 aliphatic heterocycles. The second-order valence-corrected chi connectivity index (χ2v) is 8.06. The molecule has 2 aromatic rings. The second-order valence-electron chi connectivity index (χ2n) is 5.92. The molecule has 1 aliphatic rings. The molecule has 26 heavy (non-hydrogen) atoms. The molecule has 3 rings (SSSR count). The number of hydrogen-bond acceptors (Lipinski definition) is 4. The third kappa shape index (κ3) is 4.00. The third-order valence-corrected chi connectivity index (χ3v) is 6.08. The average Bonchev–Trinajstić information content (AvgIpc) is 3.01. The van der Waals surface area contributed by atoms with Gasteiger partial charge in [0.05, 0.1) is 11.6 Å². The SMILES string of the molecule is CCc1ccc(N2CC(CNS(=O)(=O)c3ccccc3Cl)OC2=O)cc1.